The number of para-hydroxylation sites is 1. The molecule has 4 rings (SSSR count). The van der Waals surface area contributed by atoms with E-state index in [0.29, 0.717) is 27.3 Å². The highest BCUT2D eigenvalue weighted by atomic mass is 32.2. The number of nitro benzene ring substituents is 1. The van der Waals surface area contributed by atoms with Crippen LogP contribution in [0, 0.1) is 17.0 Å². The molecule has 0 saturated carbocycles. The number of carbonyl (C=O) groups is 1. The number of nitro groups is 1. The number of ether oxygens (including phenoxy) is 1. The lowest BCUT2D eigenvalue weighted by atomic mass is 10.1. The van der Waals surface area contributed by atoms with Gasteiger partial charge in [0.2, 0.25) is 0 Å². The van der Waals surface area contributed by atoms with Gasteiger partial charge in [-0.2, -0.15) is 0 Å². The molecule has 3 aromatic carbocycles. The number of nitrogens with zero attached hydrogens (tertiary/aromatic N) is 2. The number of rotatable bonds is 6. The molecule has 0 radical (unpaired) electrons. The van der Waals surface area contributed by atoms with E-state index in [1.165, 1.54) is 23.1 Å². The zero-order chi connectivity index (χ0) is 22.7. The SMILES string of the molecule is Cc1cccc(COc2ccccc2/C=C2\SC(=S)N(c3cccc([N+](=O)[O-])c3)C2=O)c1. The van der Waals surface area contributed by atoms with Gasteiger partial charge in [0.05, 0.1) is 15.5 Å². The first kappa shape index (κ1) is 21.7. The van der Waals surface area contributed by atoms with Crippen molar-refractivity contribution in [3.63, 3.8) is 0 Å². The molecule has 1 amide bonds. The molecule has 0 aliphatic carbocycles. The van der Waals surface area contributed by atoms with Gasteiger partial charge in [-0.05, 0) is 30.7 Å². The van der Waals surface area contributed by atoms with Crippen molar-refractivity contribution in [2.75, 3.05) is 4.90 Å². The van der Waals surface area contributed by atoms with Gasteiger partial charge in [0.15, 0.2) is 4.32 Å². The van der Waals surface area contributed by atoms with Crippen LogP contribution < -0.4 is 9.64 Å². The molecule has 1 fully saturated rings. The maximum Gasteiger partial charge on any atom is 0.271 e. The number of hydrogen-bond donors (Lipinski definition) is 0. The summed E-state index contributed by atoms with van der Waals surface area (Å²) in [5, 5.41) is 11.1. The van der Waals surface area contributed by atoms with Gasteiger partial charge < -0.3 is 4.74 Å². The Morgan fingerprint density at radius 3 is 2.66 bits per heavy atom. The average Bonchev–Trinajstić information content (AvgIpc) is 3.06. The fourth-order valence-corrected chi connectivity index (χ4v) is 4.56. The Kier molecular flexibility index (Phi) is 6.34. The van der Waals surface area contributed by atoms with Gasteiger partial charge in [0.25, 0.3) is 11.6 Å². The lowest BCUT2D eigenvalue weighted by Gasteiger charge is -2.14. The van der Waals surface area contributed by atoms with Crippen molar-refractivity contribution in [3.8, 4) is 5.75 Å². The Morgan fingerprint density at radius 2 is 1.88 bits per heavy atom. The summed E-state index contributed by atoms with van der Waals surface area (Å²) in [6.07, 6.45) is 1.74. The Bertz CT molecular complexity index is 1260. The van der Waals surface area contributed by atoms with E-state index < -0.39 is 4.92 Å². The minimum atomic E-state index is -0.501. The number of thioether (sulfide) groups is 1. The number of benzene rings is 3. The van der Waals surface area contributed by atoms with Gasteiger partial charge in [-0.3, -0.25) is 19.8 Å². The van der Waals surface area contributed by atoms with Crippen LogP contribution in [-0.4, -0.2) is 15.2 Å². The first-order chi connectivity index (χ1) is 15.4. The molecule has 0 unspecified atom stereocenters. The van der Waals surface area contributed by atoms with Crippen LogP contribution in [0.15, 0.2) is 77.7 Å². The summed E-state index contributed by atoms with van der Waals surface area (Å²) in [7, 11) is 0. The Morgan fingerprint density at radius 1 is 1.09 bits per heavy atom. The van der Waals surface area contributed by atoms with Gasteiger partial charge in [-0.25, -0.2) is 0 Å². The first-order valence-electron chi connectivity index (χ1n) is 9.72. The molecule has 1 heterocycles. The third-order valence-corrected chi connectivity index (χ3v) is 6.08. The van der Waals surface area contributed by atoms with E-state index in [1.807, 2.05) is 49.4 Å². The van der Waals surface area contributed by atoms with Crippen LogP contribution in [0.1, 0.15) is 16.7 Å². The number of aryl methyl sites for hydroxylation is 1. The fourth-order valence-electron chi connectivity index (χ4n) is 3.27. The van der Waals surface area contributed by atoms with E-state index in [2.05, 4.69) is 6.07 Å². The summed E-state index contributed by atoms with van der Waals surface area (Å²) in [5.74, 6) is 0.323. The van der Waals surface area contributed by atoms with E-state index in [0.717, 1.165) is 28.5 Å². The van der Waals surface area contributed by atoms with E-state index in [1.54, 1.807) is 12.1 Å². The largest absolute Gasteiger partial charge is 0.488 e. The van der Waals surface area contributed by atoms with Gasteiger partial charge in [-0.1, -0.05) is 78.1 Å². The highest BCUT2D eigenvalue weighted by Gasteiger charge is 2.34. The molecule has 1 aliphatic heterocycles. The molecule has 6 nitrogen and oxygen atoms in total. The number of carbonyl (C=O) groups excluding carboxylic acids is 1. The molecule has 0 bridgehead atoms. The van der Waals surface area contributed by atoms with Crippen molar-refractivity contribution in [3.05, 3.63) is 105 Å². The Hall–Kier alpha value is -3.49. The van der Waals surface area contributed by atoms with Crippen LogP contribution in [0.5, 0.6) is 5.75 Å². The van der Waals surface area contributed by atoms with Gasteiger partial charge in [-0.15, -0.1) is 0 Å². The standard InChI is InChI=1S/C24H18N2O4S2/c1-16-6-4-7-17(12-16)15-30-21-11-3-2-8-18(21)13-22-23(27)25(24(31)32-22)19-9-5-10-20(14-19)26(28)29/h2-14H,15H2,1H3/b22-13-. The van der Waals surface area contributed by atoms with Crippen LogP contribution in [0.4, 0.5) is 11.4 Å². The predicted octanol–water partition coefficient (Wildman–Crippen LogP) is 5.89. The Labute approximate surface area is 194 Å². The zero-order valence-corrected chi connectivity index (χ0v) is 18.7. The molecular weight excluding hydrogens is 444 g/mol. The van der Waals surface area contributed by atoms with E-state index in [-0.39, 0.29) is 11.6 Å². The number of amides is 1. The lowest BCUT2D eigenvalue weighted by Crippen LogP contribution is -2.27. The number of anilines is 1. The van der Waals surface area contributed by atoms with Crippen molar-refractivity contribution >= 4 is 51.7 Å². The normalized spacial score (nSPS) is 14.8. The quantitative estimate of drug-likeness (QED) is 0.197. The third kappa shape index (κ3) is 4.71. The second-order valence-corrected chi connectivity index (χ2v) is 8.79. The van der Waals surface area contributed by atoms with Gasteiger partial charge >= 0.3 is 0 Å². The molecule has 0 atom stereocenters. The van der Waals surface area contributed by atoms with Crippen LogP contribution in [0.2, 0.25) is 0 Å². The topological polar surface area (TPSA) is 72.7 Å². The molecule has 1 saturated heterocycles. The summed E-state index contributed by atoms with van der Waals surface area (Å²) < 4.78 is 6.34. The van der Waals surface area contributed by atoms with Gasteiger partial charge in [0.1, 0.15) is 12.4 Å². The van der Waals surface area contributed by atoms with E-state index in [9.17, 15) is 14.9 Å². The van der Waals surface area contributed by atoms with Crippen molar-refractivity contribution < 1.29 is 14.5 Å². The molecule has 32 heavy (non-hydrogen) atoms. The number of hydrogen-bond acceptors (Lipinski definition) is 6. The molecular formula is C24H18N2O4S2. The average molecular weight is 463 g/mol. The molecule has 0 N–H and O–H groups in total. The van der Waals surface area contributed by atoms with E-state index >= 15 is 0 Å². The highest BCUT2D eigenvalue weighted by Crippen LogP contribution is 2.38. The monoisotopic (exact) mass is 462 g/mol. The summed E-state index contributed by atoms with van der Waals surface area (Å²) in [4.78, 5) is 25.4. The van der Waals surface area contributed by atoms with Crippen molar-refractivity contribution in [1.82, 2.24) is 0 Å². The maximum atomic E-state index is 13.1. The zero-order valence-electron chi connectivity index (χ0n) is 17.1. The summed E-state index contributed by atoms with van der Waals surface area (Å²) >= 11 is 6.54. The molecule has 3 aromatic rings. The third-order valence-electron chi connectivity index (χ3n) is 4.77. The van der Waals surface area contributed by atoms with Crippen LogP contribution in [0.25, 0.3) is 6.08 Å². The summed E-state index contributed by atoms with van der Waals surface area (Å²) in [6, 6.07) is 21.4. The van der Waals surface area contributed by atoms with Crippen molar-refractivity contribution in [1.29, 1.82) is 0 Å². The fraction of sp³-hybridized carbons (Fsp3) is 0.0833. The minimum Gasteiger partial charge on any atom is -0.488 e. The molecule has 0 aromatic heterocycles. The molecule has 1 aliphatic rings. The number of thiocarbonyl (C=S) groups is 1. The van der Waals surface area contributed by atoms with Crippen molar-refractivity contribution in [2.24, 2.45) is 0 Å². The Balaban J connectivity index is 1.58. The minimum absolute atomic E-state index is 0.101. The maximum absolute atomic E-state index is 13.1. The van der Waals surface area contributed by atoms with Crippen LogP contribution in [-0.2, 0) is 11.4 Å². The smallest absolute Gasteiger partial charge is 0.271 e. The first-order valence-corrected chi connectivity index (χ1v) is 10.9. The second-order valence-electron chi connectivity index (χ2n) is 7.11. The molecule has 8 heteroatoms. The second kappa shape index (κ2) is 9.33. The lowest BCUT2D eigenvalue weighted by molar-refractivity contribution is -0.384. The number of non-ortho nitro benzene ring substituents is 1. The summed E-state index contributed by atoms with van der Waals surface area (Å²) in [6.45, 7) is 2.43. The molecule has 160 valence electrons. The molecule has 0 spiro atoms. The van der Waals surface area contributed by atoms with E-state index in [4.69, 9.17) is 17.0 Å². The van der Waals surface area contributed by atoms with Crippen LogP contribution in [0.3, 0.4) is 0 Å². The van der Waals surface area contributed by atoms with Crippen LogP contribution >= 0.6 is 24.0 Å². The van der Waals surface area contributed by atoms with Gasteiger partial charge in [0, 0.05) is 17.7 Å². The predicted molar refractivity (Wildman–Crippen MR) is 131 cm³/mol. The van der Waals surface area contributed by atoms with Crippen molar-refractivity contribution in [2.45, 2.75) is 13.5 Å². The summed E-state index contributed by atoms with van der Waals surface area (Å²) in [5.41, 5.74) is 3.23. The highest BCUT2D eigenvalue weighted by molar-refractivity contribution is 8.27.